The van der Waals surface area contributed by atoms with Crippen molar-refractivity contribution in [2.45, 2.75) is 11.8 Å². The summed E-state index contributed by atoms with van der Waals surface area (Å²) >= 11 is -2.66. The molecule has 1 atom stereocenters. The molecule has 0 aliphatic heterocycles. The van der Waals surface area contributed by atoms with Gasteiger partial charge in [-0.15, -0.1) is 0 Å². The highest BCUT2D eigenvalue weighted by Crippen LogP contribution is 2.17. The van der Waals surface area contributed by atoms with Gasteiger partial charge in [-0.25, -0.2) is 4.79 Å². The summed E-state index contributed by atoms with van der Waals surface area (Å²) in [5.74, 6) is -0.150. The quantitative estimate of drug-likeness (QED) is 0.455. The summed E-state index contributed by atoms with van der Waals surface area (Å²) in [4.78, 5) is 22.0. The first-order chi connectivity index (χ1) is 7.99. The van der Waals surface area contributed by atoms with Gasteiger partial charge in [-0.2, -0.15) is 0 Å². The Balaban J connectivity index is 2.77. The first-order valence-corrected chi connectivity index (χ1v) is 5.74. The molecule has 0 amide bonds. The molecule has 0 aliphatic carbocycles. The lowest BCUT2D eigenvalue weighted by Gasteiger charge is -2.05. The molecule has 0 N–H and O–H groups in total. The van der Waals surface area contributed by atoms with E-state index < -0.39 is 21.6 Å². The summed E-state index contributed by atoms with van der Waals surface area (Å²) in [5.41, 5.74) is -0.246. The van der Waals surface area contributed by atoms with Gasteiger partial charge in [0.1, 0.15) is 10.5 Å². The van der Waals surface area contributed by atoms with Crippen molar-refractivity contribution in [2.24, 2.45) is 0 Å². The fourth-order valence-corrected chi connectivity index (χ4v) is 1.84. The minimum Gasteiger partial charge on any atom is -0.768 e. The summed E-state index contributed by atoms with van der Waals surface area (Å²) in [5, 5.41) is 0.400. The van der Waals surface area contributed by atoms with E-state index in [1.165, 1.54) is 31.2 Å². The predicted octanol–water partition coefficient (Wildman–Crippen LogP) is 1.23. The molecule has 6 heteroatoms. The zero-order valence-electron chi connectivity index (χ0n) is 8.76. The van der Waals surface area contributed by atoms with E-state index in [0.717, 1.165) is 0 Å². The molecular weight excluding hydrogens is 244 g/mol. The van der Waals surface area contributed by atoms with Gasteiger partial charge in [0, 0.05) is 10.9 Å². The second-order valence-corrected chi connectivity index (χ2v) is 4.35. The number of rotatable bonds is 2. The normalized spacial score (nSPS) is 12.6. The average molecular weight is 251 g/mol. The van der Waals surface area contributed by atoms with Crippen molar-refractivity contribution in [1.82, 2.24) is 0 Å². The number of carbonyl (C=O) groups is 1. The molecule has 0 saturated carbocycles. The summed E-state index contributed by atoms with van der Waals surface area (Å²) in [6.07, 6.45) is 0. The second-order valence-electron chi connectivity index (χ2n) is 3.44. The maximum Gasteiger partial charge on any atom is 0.351 e. The lowest BCUT2D eigenvalue weighted by molar-refractivity contribution is 0.101. The Morgan fingerprint density at radius 3 is 2.65 bits per heavy atom. The maximum absolute atomic E-state index is 11.3. The molecule has 0 aliphatic rings. The molecule has 0 radical (unpaired) electrons. The van der Waals surface area contributed by atoms with E-state index in [2.05, 4.69) is 0 Å². The van der Waals surface area contributed by atoms with Gasteiger partial charge < -0.3 is 8.97 Å². The molecule has 17 heavy (non-hydrogen) atoms. The van der Waals surface area contributed by atoms with Crippen molar-refractivity contribution in [3.8, 4) is 0 Å². The minimum absolute atomic E-state index is 0.150. The molecule has 2 aromatic rings. The third-order valence-electron chi connectivity index (χ3n) is 2.29. The van der Waals surface area contributed by atoms with Crippen LogP contribution in [-0.4, -0.2) is 14.5 Å². The summed E-state index contributed by atoms with van der Waals surface area (Å²) in [6, 6.07) is 5.65. The molecule has 1 heterocycles. The topological polar surface area (TPSA) is 87.4 Å². The molecule has 0 fully saturated rings. The van der Waals surface area contributed by atoms with Crippen molar-refractivity contribution in [2.75, 3.05) is 0 Å². The number of hydrogen-bond donors (Lipinski definition) is 0. The summed E-state index contributed by atoms with van der Waals surface area (Å²) in [7, 11) is 0. The highest BCUT2D eigenvalue weighted by atomic mass is 32.2. The largest absolute Gasteiger partial charge is 0.768 e. The van der Waals surface area contributed by atoms with E-state index in [0.29, 0.717) is 10.9 Å². The van der Waals surface area contributed by atoms with Crippen LogP contribution in [0, 0.1) is 0 Å². The predicted molar refractivity (Wildman–Crippen MR) is 59.7 cm³/mol. The summed E-state index contributed by atoms with van der Waals surface area (Å²) in [6.45, 7) is 1.40. The Morgan fingerprint density at radius 1 is 1.35 bits per heavy atom. The Bertz CT molecular complexity index is 686. The van der Waals surface area contributed by atoms with Gasteiger partial charge in [0.15, 0.2) is 5.78 Å². The van der Waals surface area contributed by atoms with Crippen LogP contribution in [0.5, 0.6) is 0 Å². The second kappa shape index (κ2) is 4.23. The van der Waals surface area contributed by atoms with E-state index in [1.54, 1.807) is 0 Å². The average Bonchev–Trinajstić information content (AvgIpc) is 2.27. The van der Waals surface area contributed by atoms with Crippen LogP contribution in [0.2, 0.25) is 0 Å². The molecule has 2 rings (SSSR count). The third-order valence-corrected chi connectivity index (χ3v) is 2.93. The lowest BCUT2D eigenvalue weighted by Crippen LogP contribution is -2.08. The van der Waals surface area contributed by atoms with Crippen molar-refractivity contribution < 1.29 is 18.0 Å². The Kier molecular flexibility index (Phi) is 2.91. The highest BCUT2D eigenvalue weighted by molar-refractivity contribution is 7.79. The van der Waals surface area contributed by atoms with Crippen LogP contribution in [0.1, 0.15) is 17.3 Å². The van der Waals surface area contributed by atoms with Crippen molar-refractivity contribution in [3.05, 3.63) is 40.2 Å². The number of fused-ring (bicyclic) bond motifs is 1. The Hall–Kier alpha value is -1.79. The molecule has 1 aromatic carbocycles. The van der Waals surface area contributed by atoms with Crippen LogP contribution in [0.4, 0.5) is 0 Å². The molecule has 1 unspecified atom stereocenters. The van der Waals surface area contributed by atoms with Gasteiger partial charge in [-0.05, 0) is 42.3 Å². The Labute approximate surface area is 98.3 Å². The molecule has 0 saturated heterocycles. The standard InChI is InChI=1S/C11H8O5S/c1-6(12)7-2-3-9-8(4-7)5-10(17(14)15)11(13)16-9/h2-5H,1H3,(H,14,15)/p-1. The number of carbonyl (C=O) groups excluding carboxylic acids is 1. The van der Waals surface area contributed by atoms with Gasteiger partial charge in [0.05, 0.1) is 0 Å². The maximum atomic E-state index is 11.3. The number of ketones is 1. The first-order valence-electron chi connectivity index (χ1n) is 4.67. The zero-order chi connectivity index (χ0) is 12.6. The van der Waals surface area contributed by atoms with Crippen LogP contribution in [0.3, 0.4) is 0 Å². The van der Waals surface area contributed by atoms with Crippen LogP contribution in [0.25, 0.3) is 11.0 Å². The molecular formula is C11H7O5S-. The van der Waals surface area contributed by atoms with Crippen LogP contribution < -0.4 is 5.63 Å². The van der Waals surface area contributed by atoms with Crippen LogP contribution in [-0.2, 0) is 11.1 Å². The van der Waals surface area contributed by atoms with E-state index in [9.17, 15) is 18.4 Å². The third kappa shape index (κ3) is 2.17. The molecule has 1 aromatic heterocycles. The Morgan fingerprint density at radius 2 is 2.06 bits per heavy atom. The minimum atomic E-state index is -2.66. The number of Topliss-reactive ketones (excluding diaryl/α,β-unsaturated/α-hetero) is 1. The van der Waals surface area contributed by atoms with Crippen molar-refractivity contribution in [3.63, 3.8) is 0 Å². The van der Waals surface area contributed by atoms with E-state index in [4.69, 9.17) is 4.42 Å². The molecule has 88 valence electrons. The molecule has 0 bridgehead atoms. The fraction of sp³-hybridized carbons (Fsp3) is 0.0909. The van der Waals surface area contributed by atoms with Crippen LogP contribution >= 0.6 is 0 Å². The highest BCUT2D eigenvalue weighted by Gasteiger charge is 2.07. The summed E-state index contributed by atoms with van der Waals surface area (Å²) < 4.78 is 26.3. The zero-order valence-corrected chi connectivity index (χ0v) is 9.58. The first kappa shape index (κ1) is 11.7. The van der Waals surface area contributed by atoms with Gasteiger partial charge in [0.25, 0.3) is 0 Å². The van der Waals surface area contributed by atoms with E-state index in [-0.39, 0.29) is 11.4 Å². The van der Waals surface area contributed by atoms with Crippen molar-refractivity contribution >= 4 is 27.8 Å². The van der Waals surface area contributed by atoms with Crippen LogP contribution in [0.15, 0.2) is 38.4 Å². The van der Waals surface area contributed by atoms with Gasteiger partial charge in [0.2, 0.25) is 0 Å². The lowest BCUT2D eigenvalue weighted by atomic mass is 10.1. The van der Waals surface area contributed by atoms with Gasteiger partial charge >= 0.3 is 5.63 Å². The van der Waals surface area contributed by atoms with Crippen molar-refractivity contribution in [1.29, 1.82) is 0 Å². The van der Waals surface area contributed by atoms with Gasteiger partial charge in [-0.1, -0.05) is 0 Å². The SMILES string of the molecule is CC(=O)c1ccc2oc(=O)c(S(=O)[O-])cc2c1. The van der Waals surface area contributed by atoms with Gasteiger partial charge in [-0.3, -0.25) is 9.00 Å². The fourth-order valence-electron chi connectivity index (χ4n) is 1.44. The van der Waals surface area contributed by atoms with E-state index in [1.807, 2.05) is 0 Å². The number of hydrogen-bond acceptors (Lipinski definition) is 5. The monoisotopic (exact) mass is 251 g/mol. The smallest absolute Gasteiger partial charge is 0.351 e. The molecule has 5 nitrogen and oxygen atoms in total. The molecule has 0 spiro atoms. The number of benzene rings is 1. The van der Waals surface area contributed by atoms with E-state index >= 15 is 0 Å².